The molecule has 0 radical (unpaired) electrons. The van der Waals surface area contributed by atoms with Crippen LogP contribution in [0.4, 0.5) is 18.0 Å². The molecule has 1 aliphatic heterocycles. The number of hydrogen-bond donors (Lipinski definition) is 1. The lowest BCUT2D eigenvalue weighted by Gasteiger charge is -2.25. The van der Waals surface area contributed by atoms with Gasteiger partial charge in [0.15, 0.2) is 0 Å². The molecule has 1 amide bonds. The lowest BCUT2D eigenvalue weighted by atomic mass is 9.85. The molecule has 1 aromatic heterocycles. The topological polar surface area (TPSA) is 79.7 Å². The zero-order valence-corrected chi connectivity index (χ0v) is 18.7. The monoisotopic (exact) mass is 464 g/mol. The van der Waals surface area contributed by atoms with Crippen LogP contribution in [-0.4, -0.2) is 45.7 Å². The highest BCUT2D eigenvalue weighted by molar-refractivity contribution is 5.72. The van der Waals surface area contributed by atoms with Crippen LogP contribution in [0.15, 0.2) is 42.6 Å². The number of aromatic nitrogens is 1. The summed E-state index contributed by atoms with van der Waals surface area (Å²) in [7, 11) is 0. The van der Waals surface area contributed by atoms with Gasteiger partial charge in [0.1, 0.15) is 11.3 Å². The number of carbonyl (C=O) groups is 2. The van der Waals surface area contributed by atoms with Crippen molar-refractivity contribution >= 4 is 12.1 Å². The van der Waals surface area contributed by atoms with Gasteiger partial charge in [0.25, 0.3) is 0 Å². The van der Waals surface area contributed by atoms with E-state index in [0.29, 0.717) is 30.6 Å². The van der Waals surface area contributed by atoms with Gasteiger partial charge >= 0.3 is 18.2 Å². The van der Waals surface area contributed by atoms with Gasteiger partial charge in [0, 0.05) is 24.8 Å². The van der Waals surface area contributed by atoms with Crippen molar-refractivity contribution in [2.75, 3.05) is 13.1 Å². The molecule has 1 fully saturated rings. The van der Waals surface area contributed by atoms with E-state index < -0.39 is 35.5 Å². The number of hydrogen-bond acceptors (Lipinski definition) is 4. The van der Waals surface area contributed by atoms with Crippen LogP contribution in [0.1, 0.15) is 38.4 Å². The average Bonchev–Trinajstić information content (AvgIpc) is 3.20. The minimum atomic E-state index is -4.51. The first-order valence-corrected chi connectivity index (χ1v) is 10.7. The summed E-state index contributed by atoms with van der Waals surface area (Å²) in [6.45, 7) is 6.06. The second-order valence-electron chi connectivity index (χ2n) is 9.25. The van der Waals surface area contributed by atoms with E-state index in [-0.39, 0.29) is 12.3 Å². The first-order valence-electron chi connectivity index (χ1n) is 10.7. The van der Waals surface area contributed by atoms with Crippen molar-refractivity contribution in [2.45, 2.75) is 45.4 Å². The number of rotatable bonds is 5. The lowest BCUT2D eigenvalue weighted by molar-refractivity contribution is -0.143. The van der Waals surface area contributed by atoms with Gasteiger partial charge < -0.3 is 14.7 Å². The third kappa shape index (κ3) is 6.46. The van der Waals surface area contributed by atoms with Crippen molar-refractivity contribution in [1.29, 1.82) is 0 Å². The van der Waals surface area contributed by atoms with E-state index in [1.807, 2.05) is 0 Å². The highest BCUT2D eigenvalue weighted by atomic mass is 19.4. The standard InChI is InChI=1S/C24H27F3N2O4/c1-23(2,3)33-22(32)29-10-9-18(14-29)19(21(30)31)12-15-5-4-6-16(11-15)17-7-8-20(28-13-17)24(25,26)27/h4-8,11,13,18-19H,9-10,12,14H2,1-3H3,(H,30,31)/t18-,19-/m0/s1. The van der Waals surface area contributed by atoms with E-state index in [1.54, 1.807) is 45.0 Å². The number of likely N-dealkylation sites (tertiary alicyclic amines) is 1. The maximum atomic E-state index is 12.8. The predicted octanol–water partition coefficient (Wildman–Crippen LogP) is 5.27. The molecule has 6 nitrogen and oxygen atoms in total. The van der Waals surface area contributed by atoms with Crippen molar-refractivity contribution in [3.63, 3.8) is 0 Å². The fraction of sp³-hybridized carbons (Fsp3) is 0.458. The fourth-order valence-corrected chi connectivity index (χ4v) is 3.93. The molecule has 0 aliphatic carbocycles. The second kappa shape index (κ2) is 9.41. The van der Waals surface area contributed by atoms with Crippen molar-refractivity contribution in [2.24, 2.45) is 11.8 Å². The molecule has 1 N–H and O–H groups in total. The van der Waals surface area contributed by atoms with Crippen LogP contribution >= 0.6 is 0 Å². The first-order chi connectivity index (χ1) is 15.3. The number of amides is 1. The number of carbonyl (C=O) groups excluding carboxylic acids is 1. The second-order valence-corrected chi connectivity index (χ2v) is 9.25. The Morgan fingerprint density at radius 3 is 2.48 bits per heavy atom. The molecule has 0 bridgehead atoms. The van der Waals surface area contributed by atoms with E-state index in [0.717, 1.165) is 17.8 Å². The van der Waals surface area contributed by atoms with E-state index in [1.165, 1.54) is 11.0 Å². The number of carboxylic acids is 1. The van der Waals surface area contributed by atoms with Crippen LogP contribution in [0.2, 0.25) is 0 Å². The van der Waals surface area contributed by atoms with Gasteiger partial charge in [-0.15, -0.1) is 0 Å². The molecule has 3 rings (SSSR count). The molecule has 0 spiro atoms. The third-order valence-electron chi connectivity index (χ3n) is 5.53. The third-order valence-corrected chi connectivity index (χ3v) is 5.53. The predicted molar refractivity (Wildman–Crippen MR) is 115 cm³/mol. The van der Waals surface area contributed by atoms with E-state index >= 15 is 0 Å². The van der Waals surface area contributed by atoms with Gasteiger partial charge in [-0.25, -0.2) is 4.79 Å². The molecular weight excluding hydrogens is 437 g/mol. The van der Waals surface area contributed by atoms with E-state index in [9.17, 15) is 27.9 Å². The maximum absolute atomic E-state index is 12.8. The van der Waals surface area contributed by atoms with Gasteiger partial charge in [-0.1, -0.05) is 30.3 Å². The minimum absolute atomic E-state index is 0.230. The number of ether oxygens (including phenoxy) is 1. The van der Waals surface area contributed by atoms with Crippen LogP contribution in [-0.2, 0) is 22.1 Å². The smallest absolute Gasteiger partial charge is 0.433 e. The molecule has 1 saturated heterocycles. The summed E-state index contributed by atoms with van der Waals surface area (Å²) in [5.74, 6) is -1.89. The van der Waals surface area contributed by atoms with Gasteiger partial charge in [0.05, 0.1) is 5.92 Å². The molecule has 2 aromatic rings. The molecule has 1 aliphatic rings. The summed E-state index contributed by atoms with van der Waals surface area (Å²) in [5, 5.41) is 9.85. The molecular formula is C24H27F3N2O4. The molecule has 0 unspecified atom stereocenters. The van der Waals surface area contributed by atoms with Gasteiger partial charge in [0.2, 0.25) is 0 Å². The summed E-state index contributed by atoms with van der Waals surface area (Å²) < 4.78 is 43.7. The van der Waals surface area contributed by atoms with Crippen LogP contribution in [0.3, 0.4) is 0 Å². The highest BCUT2D eigenvalue weighted by Crippen LogP contribution is 2.31. The van der Waals surface area contributed by atoms with E-state index in [4.69, 9.17) is 4.74 Å². The Bertz CT molecular complexity index is 1000. The quantitative estimate of drug-likeness (QED) is 0.652. The number of alkyl halides is 3. The molecule has 2 heterocycles. The Balaban J connectivity index is 1.72. The van der Waals surface area contributed by atoms with Crippen molar-refractivity contribution in [3.05, 3.63) is 53.9 Å². The number of carboxylic acid groups (broad SMARTS) is 1. The Labute approximate surface area is 190 Å². The highest BCUT2D eigenvalue weighted by Gasteiger charge is 2.37. The number of benzene rings is 1. The normalized spacial score (nSPS) is 17.6. The summed E-state index contributed by atoms with van der Waals surface area (Å²) in [6, 6.07) is 9.30. The largest absolute Gasteiger partial charge is 0.481 e. The summed E-state index contributed by atoms with van der Waals surface area (Å²) in [4.78, 5) is 29.4. The summed E-state index contributed by atoms with van der Waals surface area (Å²) >= 11 is 0. The van der Waals surface area contributed by atoms with Gasteiger partial charge in [-0.2, -0.15) is 13.2 Å². The maximum Gasteiger partial charge on any atom is 0.433 e. The molecule has 2 atom stereocenters. The summed E-state index contributed by atoms with van der Waals surface area (Å²) in [5.41, 5.74) is 0.308. The molecule has 33 heavy (non-hydrogen) atoms. The minimum Gasteiger partial charge on any atom is -0.481 e. The summed E-state index contributed by atoms with van der Waals surface area (Å²) in [6.07, 6.45) is -3.01. The number of pyridine rings is 1. The fourth-order valence-electron chi connectivity index (χ4n) is 3.93. The van der Waals surface area contributed by atoms with Crippen LogP contribution in [0.25, 0.3) is 11.1 Å². The van der Waals surface area contributed by atoms with Crippen molar-refractivity contribution < 1.29 is 32.6 Å². The average molecular weight is 464 g/mol. The van der Waals surface area contributed by atoms with Crippen LogP contribution < -0.4 is 0 Å². The van der Waals surface area contributed by atoms with Gasteiger partial charge in [-0.3, -0.25) is 9.78 Å². The molecule has 0 saturated carbocycles. The van der Waals surface area contributed by atoms with E-state index in [2.05, 4.69) is 4.98 Å². The van der Waals surface area contributed by atoms with Gasteiger partial charge in [-0.05, 0) is 56.7 Å². The Hall–Kier alpha value is -3.10. The number of halogens is 3. The zero-order chi connectivity index (χ0) is 24.4. The molecule has 9 heteroatoms. The van der Waals surface area contributed by atoms with Crippen molar-refractivity contribution in [3.8, 4) is 11.1 Å². The Morgan fingerprint density at radius 2 is 1.91 bits per heavy atom. The molecule has 1 aromatic carbocycles. The Kier molecular flexibility index (Phi) is 7.00. The first kappa shape index (κ1) is 24.5. The zero-order valence-electron chi connectivity index (χ0n) is 18.7. The molecule has 178 valence electrons. The lowest BCUT2D eigenvalue weighted by Crippen LogP contribution is -2.36. The van der Waals surface area contributed by atoms with Crippen LogP contribution in [0, 0.1) is 11.8 Å². The Morgan fingerprint density at radius 1 is 1.18 bits per heavy atom. The SMILES string of the molecule is CC(C)(C)OC(=O)N1CC[C@H]([C@H](Cc2cccc(-c3ccc(C(F)(F)F)nc3)c2)C(=O)O)C1. The number of aliphatic carboxylic acids is 1. The van der Waals surface area contributed by atoms with Crippen LogP contribution in [0.5, 0.6) is 0 Å². The number of nitrogens with zero attached hydrogens (tertiary/aromatic N) is 2. The van der Waals surface area contributed by atoms with Crippen molar-refractivity contribution in [1.82, 2.24) is 9.88 Å².